The maximum Gasteiger partial charge on any atom is 0.373 e. The van der Waals surface area contributed by atoms with Gasteiger partial charge in [0, 0.05) is 38.4 Å². The fourth-order valence-electron chi connectivity index (χ4n) is 5.14. The van der Waals surface area contributed by atoms with Gasteiger partial charge in [0.1, 0.15) is 5.69 Å². The van der Waals surface area contributed by atoms with Crippen molar-refractivity contribution in [2.45, 2.75) is 19.5 Å². The quantitative estimate of drug-likeness (QED) is 0.362. The van der Waals surface area contributed by atoms with E-state index in [4.69, 9.17) is 38.3 Å². The molecule has 1 saturated heterocycles. The van der Waals surface area contributed by atoms with Crippen LogP contribution in [0.15, 0.2) is 60.7 Å². The van der Waals surface area contributed by atoms with Crippen molar-refractivity contribution in [3.63, 3.8) is 0 Å². The summed E-state index contributed by atoms with van der Waals surface area (Å²) in [4.78, 5) is 53.3. The van der Waals surface area contributed by atoms with E-state index in [0.717, 1.165) is 22.6 Å². The molecule has 264 valence electrons. The van der Waals surface area contributed by atoms with Gasteiger partial charge in [0.25, 0.3) is 0 Å². The topological polar surface area (TPSA) is 167 Å². The highest BCUT2D eigenvalue weighted by Gasteiger charge is 2.24. The molecule has 0 bridgehead atoms. The second-order valence-corrected chi connectivity index (χ2v) is 10.9. The maximum absolute atomic E-state index is 11.9. The molecule has 0 amide bonds. The molecule has 1 aromatic carbocycles. The molecule has 1 unspecified atom stereocenters. The molecule has 14 heteroatoms. The van der Waals surface area contributed by atoms with E-state index in [2.05, 4.69) is 14.8 Å². The summed E-state index contributed by atoms with van der Waals surface area (Å²) in [5.41, 5.74) is 3.98. The minimum absolute atomic E-state index is 0.221. The van der Waals surface area contributed by atoms with Gasteiger partial charge in [-0.3, -0.25) is 14.8 Å². The molecule has 49 heavy (non-hydrogen) atoms. The SMILES string of the molecule is COC(=O)c1cccc(CN2CCOCCOCCN(C(c3ccc(C(=O)O)cc3)c3cccc(C)n3)CCOCCOCC2)n1.O=C=O. The van der Waals surface area contributed by atoms with Crippen LogP contribution in [0.5, 0.6) is 0 Å². The molecule has 0 aliphatic carbocycles. The number of aromatic carboxylic acids is 1. The zero-order valence-corrected chi connectivity index (χ0v) is 28.0. The van der Waals surface area contributed by atoms with Gasteiger partial charge in [0.05, 0.1) is 83.0 Å². The Morgan fingerprint density at radius 2 is 1.35 bits per heavy atom. The zero-order valence-electron chi connectivity index (χ0n) is 28.0. The Hall–Kier alpha value is -4.40. The number of ether oxygens (including phenoxy) is 5. The minimum atomic E-state index is -0.963. The molecule has 1 atom stereocenters. The second-order valence-electron chi connectivity index (χ2n) is 10.9. The van der Waals surface area contributed by atoms with Gasteiger partial charge >= 0.3 is 18.1 Å². The minimum Gasteiger partial charge on any atom is -0.478 e. The number of nitrogens with zero attached hydrogens (tertiary/aromatic N) is 4. The third-order valence-electron chi connectivity index (χ3n) is 7.51. The van der Waals surface area contributed by atoms with Crippen LogP contribution in [0.2, 0.25) is 0 Å². The Balaban J connectivity index is 0.00000209. The number of carboxylic acids is 1. The Kier molecular flexibility index (Phi) is 17.7. The number of carboxylic acid groups (broad SMARTS) is 1. The van der Waals surface area contributed by atoms with Crippen molar-refractivity contribution >= 4 is 18.1 Å². The van der Waals surface area contributed by atoms with Crippen molar-refractivity contribution in [3.05, 3.63) is 94.6 Å². The molecule has 14 nitrogen and oxygen atoms in total. The van der Waals surface area contributed by atoms with Crippen molar-refractivity contribution in [3.8, 4) is 0 Å². The molecule has 3 heterocycles. The van der Waals surface area contributed by atoms with Gasteiger partial charge in [-0.25, -0.2) is 14.6 Å². The largest absolute Gasteiger partial charge is 0.478 e. The monoisotopic (exact) mass is 680 g/mol. The molecular weight excluding hydrogens is 636 g/mol. The summed E-state index contributed by atoms with van der Waals surface area (Å²) in [6, 6.07) is 18.0. The smallest absolute Gasteiger partial charge is 0.373 e. The van der Waals surface area contributed by atoms with Crippen molar-refractivity contribution in [1.82, 2.24) is 19.8 Å². The van der Waals surface area contributed by atoms with Crippen molar-refractivity contribution in [2.75, 3.05) is 86.1 Å². The van der Waals surface area contributed by atoms with Crippen LogP contribution in [0.1, 0.15) is 49.5 Å². The summed E-state index contributed by atoms with van der Waals surface area (Å²) in [5, 5.41) is 9.42. The molecule has 0 saturated carbocycles. The van der Waals surface area contributed by atoms with Crippen LogP contribution in [-0.4, -0.2) is 129 Å². The molecule has 0 spiro atoms. The molecule has 1 aliphatic heterocycles. The van der Waals surface area contributed by atoms with E-state index in [1.165, 1.54) is 7.11 Å². The molecule has 1 aliphatic rings. The zero-order chi connectivity index (χ0) is 35.3. The number of rotatable bonds is 7. The van der Waals surface area contributed by atoms with Crippen LogP contribution in [0.4, 0.5) is 0 Å². The second kappa shape index (κ2) is 22.3. The van der Waals surface area contributed by atoms with Gasteiger partial charge in [-0.1, -0.05) is 24.3 Å². The fraction of sp³-hybridized carbons (Fsp3) is 0.457. The first-order chi connectivity index (χ1) is 23.9. The van der Waals surface area contributed by atoms with E-state index in [-0.39, 0.29) is 23.5 Å². The lowest BCUT2D eigenvalue weighted by atomic mass is 9.99. The summed E-state index contributed by atoms with van der Waals surface area (Å²) in [6.07, 6.45) is 0.250. The average molecular weight is 681 g/mol. The Morgan fingerprint density at radius 1 is 0.796 bits per heavy atom. The highest BCUT2D eigenvalue weighted by Crippen LogP contribution is 2.28. The van der Waals surface area contributed by atoms with E-state index in [9.17, 15) is 14.7 Å². The van der Waals surface area contributed by atoms with E-state index in [0.29, 0.717) is 85.6 Å². The Bertz CT molecular complexity index is 1450. The van der Waals surface area contributed by atoms with Crippen LogP contribution in [0.25, 0.3) is 0 Å². The van der Waals surface area contributed by atoms with Crippen LogP contribution < -0.4 is 0 Å². The van der Waals surface area contributed by atoms with Crippen molar-refractivity contribution in [1.29, 1.82) is 0 Å². The highest BCUT2D eigenvalue weighted by molar-refractivity contribution is 5.87. The molecule has 0 radical (unpaired) electrons. The van der Waals surface area contributed by atoms with E-state index in [1.54, 1.807) is 24.3 Å². The number of aromatic nitrogens is 2. The predicted octanol–water partition coefficient (Wildman–Crippen LogP) is 2.66. The molecule has 2 aromatic heterocycles. The van der Waals surface area contributed by atoms with E-state index in [1.807, 2.05) is 43.3 Å². The Morgan fingerprint density at radius 3 is 1.88 bits per heavy atom. The molecular formula is C35H44N4O10. The van der Waals surface area contributed by atoms with Crippen LogP contribution in [-0.2, 0) is 39.8 Å². The summed E-state index contributed by atoms with van der Waals surface area (Å²) in [6.45, 7) is 8.73. The third-order valence-corrected chi connectivity index (χ3v) is 7.51. The van der Waals surface area contributed by atoms with Crippen molar-refractivity contribution < 1.29 is 48.0 Å². The number of aryl methyl sites for hydroxylation is 1. The maximum atomic E-state index is 11.9. The summed E-state index contributed by atoms with van der Waals surface area (Å²) >= 11 is 0. The van der Waals surface area contributed by atoms with Gasteiger partial charge in [-0.2, -0.15) is 9.59 Å². The lowest BCUT2D eigenvalue weighted by Crippen LogP contribution is -2.36. The first-order valence-corrected chi connectivity index (χ1v) is 15.9. The van der Waals surface area contributed by atoms with Crippen molar-refractivity contribution in [2.24, 2.45) is 0 Å². The van der Waals surface area contributed by atoms with E-state index < -0.39 is 11.9 Å². The normalized spacial score (nSPS) is 16.9. The molecule has 1 N–H and O–H groups in total. The lowest BCUT2D eigenvalue weighted by Gasteiger charge is -2.32. The summed E-state index contributed by atoms with van der Waals surface area (Å²) in [5.74, 6) is -1.43. The van der Waals surface area contributed by atoms with Gasteiger partial charge in [0.15, 0.2) is 0 Å². The van der Waals surface area contributed by atoms with Gasteiger partial charge < -0.3 is 28.8 Å². The third kappa shape index (κ3) is 13.9. The summed E-state index contributed by atoms with van der Waals surface area (Å²) in [7, 11) is 1.34. The number of hydrogen-bond acceptors (Lipinski definition) is 13. The summed E-state index contributed by atoms with van der Waals surface area (Å²) < 4.78 is 28.5. The standard InChI is InChI=1S/C34H44N4O8.CO2/c1-26-5-3-7-30(35-26)32(27-9-11-28(12-10-27)33(39)40)38-15-19-45-23-21-43-17-13-37(14-18-44-22-24-46-20-16-38)25-29-6-4-8-31(36-29)34(41)42-2;2-1-3/h3-12,32H,13-25H2,1-2H3,(H,39,40);. The van der Waals surface area contributed by atoms with E-state index >= 15 is 0 Å². The first kappa shape index (κ1) is 39.0. The number of methoxy groups -OCH3 is 1. The lowest BCUT2D eigenvalue weighted by molar-refractivity contribution is -0.191. The molecule has 3 aromatic rings. The van der Waals surface area contributed by atoms with Crippen LogP contribution >= 0.6 is 0 Å². The average Bonchev–Trinajstić information content (AvgIpc) is 3.10. The van der Waals surface area contributed by atoms with Gasteiger partial charge in [-0.05, 0) is 48.9 Å². The number of pyridine rings is 2. The predicted molar refractivity (Wildman–Crippen MR) is 175 cm³/mol. The van der Waals surface area contributed by atoms with Gasteiger partial charge in [-0.15, -0.1) is 0 Å². The number of carbonyl (C=O) groups is 2. The van der Waals surface area contributed by atoms with Crippen LogP contribution in [0, 0.1) is 6.92 Å². The molecule has 4 rings (SSSR count). The number of hydrogen-bond donors (Lipinski definition) is 1. The number of esters is 1. The highest BCUT2D eigenvalue weighted by atomic mass is 16.5. The number of carbonyl (C=O) groups excluding carboxylic acids is 3. The molecule has 1 fully saturated rings. The number of benzene rings is 1. The Labute approximate surface area is 285 Å². The first-order valence-electron chi connectivity index (χ1n) is 15.9. The van der Waals surface area contributed by atoms with Gasteiger partial charge in [0.2, 0.25) is 0 Å². The fourth-order valence-corrected chi connectivity index (χ4v) is 5.14. The van der Waals surface area contributed by atoms with Crippen LogP contribution in [0.3, 0.4) is 0 Å².